The summed E-state index contributed by atoms with van der Waals surface area (Å²) >= 11 is 0. The predicted molar refractivity (Wildman–Crippen MR) is 90.0 cm³/mol. The Balaban J connectivity index is 1.73. The van der Waals surface area contributed by atoms with Crippen LogP contribution in [0.1, 0.15) is 0 Å². The lowest BCUT2D eigenvalue weighted by atomic mass is 10.1. The van der Waals surface area contributed by atoms with Gasteiger partial charge in [-0.1, -0.05) is 24.3 Å². The Morgan fingerprint density at radius 2 is 1.70 bits per heavy atom. The van der Waals surface area contributed by atoms with Gasteiger partial charge >= 0.3 is 0 Å². The maximum absolute atomic E-state index is 5.94. The summed E-state index contributed by atoms with van der Waals surface area (Å²) in [7, 11) is 0. The minimum absolute atomic E-state index is 0.648. The Morgan fingerprint density at radius 3 is 2.70 bits per heavy atom. The minimum Gasteiger partial charge on any atom is -0.456 e. The van der Waals surface area contributed by atoms with Crippen molar-refractivity contribution in [3.8, 4) is 11.3 Å². The zero-order chi connectivity index (χ0) is 15.2. The highest BCUT2D eigenvalue weighted by molar-refractivity contribution is 6.05. The fraction of sp³-hybridized carbons (Fsp3) is 0. The zero-order valence-electron chi connectivity index (χ0n) is 12.1. The highest BCUT2D eigenvalue weighted by Crippen LogP contribution is 2.31. The Kier molecular flexibility index (Phi) is 2.46. The molecule has 0 radical (unpaired) electrons. The van der Waals surface area contributed by atoms with Gasteiger partial charge in [-0.15, -0.1) is 0 Å². The van der Waals surface area contributed by atoms with Gasteiger partial charge < -0.3 is 4.42 Å². The van der Waals surface area contributed by atoms with E-state index in [4.69, 9.17) is 4.42 Å². The first-order valence-electron chi connectivity index (χ1n) is 7.38. The topological polar surface area (TPSA) is 51.8 Å². The van der Waals surface area contributed by atoms with Gasteiger partial charge in [0.15, 0.2) is 5.65 Å². The second-order valence-corrected chi connectivity index (χ2v) is 5.41. The second kappa shape index (κ2) is 4.61. The van der Waals surface area contributed by atoms with Crippen LogP contribution in [0.25, 0.3) is 44.4 Å². The number of aromatic nitrogens is 3. The Labute approximate surface area is 131 Å². The summed E-state index contributed by atoms with van der Waals surface area (Å²) in [5, 5.41) is 2.23. The molecule has 0 bridgehead atoms. The van der Waals surface area contributed by atoms with Crippen LogP contribution < -0.4 is 0 Å². The average molecular weight is 297 g/mol. The van der Waals surface area contributed by atoms with E-state index < -0.39 is 0 Å². The number of benzene rings is 2. The number of nitrogens with zero attached hydrogens (tertiary/aromatic N) is 3. The molecule has 0 saturated carbocycles. The lowest BCUT2D eigenvalue weighted by molar-refractivity contribution is 0.669. The molecule has 0 N–H and O–H groups in total. The van der Waals surface area contributed by atoms with Crippen molar-refractivity contribution in [2.75, 3.05) is 0 Å². The van der Waals surface area contributed by atoms with Crippen LogP contribution in [0.2, 0.25) is 0 Å². The number of para-hydroxylation sites is 1. The number of furan rings is 1. The van der Waals surface area contributed by atoms with E-state index in [1.54, 1.807) is 12.4 Å². The summed E-state index contributed by atoms with van der Waals surface area (Å²) < 4.78 is 5.94. The number of fused-ring (bicyclic) bond motifs is 4. The van der Waals surface area contributed by atoms with E-state index in [1.807, 2.05) is 42.5 Å². The number of hydrogen-bond donors (Lipinski definition) is 0. The molecule has 3 aromatic heterocycles. The molecule has 0 saturated heterocycles. The van der Waals surface area contributed by atoms with Gasteiger partial charge in [0, 0.05) is 22.5 Å². The van der Waals surface area contributed by atoms with Crippen molar-refractivity contribution in [2.45, 2.75) is 0 Å². The minimum atomic E-state index is 0.648. The molecule has 2 aromatic carbocycles. The Bertz CT molecular complexity index is 1180. The monoisotopic (exact) mass is 297 g/mol. The van der Waals surface area contributed by atoms with E-state index in [1.165, 1.54) is 0 Å². The maximum Gasteiger partial charge on any atom is 0.178 e. The molecule has 4 heteroatoms. The van der Waals surface area contributed by atoms with Crippen LogP contribution in [0, 0.1) is 0 Å². The summed E-state index contributed by atoms with van der Waals surface area (Å²) in [5.74, 6) is 0. The fourth-order valence-corrected chi connectivity index (χ4v) is 2.87. The van der Waals surface area contributed by atoms with Crippen LogP contribution in [0.5, 0.6) is 0 Å². The van der Waals surface area contributed by atoms with Crippen molar-refractivity contribution in [3.63, 3.8) is 0 Å². The fourth-order valence-electron chi connectivity index (χ4n) is 2.87. The van der Waals surface area contributed by atoms with E-state index in [0.29, 0.717) is 5.65 Å². The van der Waals surface area contributed by atoms with Crippen LogP contribution >= 0.6 is 0 Å². The Morgan fingerprint density at radius 1 is 0.783 bits per heavy atom. The van der Waals surface area contributed by atoms with Gasteiger partial charge in [0.25, 0.3) is 0 Å². The second-order valence-electron chi connectivity index (χ2n) is 5.41. The Hall–Kier alpha value is -3.27. The van der Waals surface area contributed by atoms with Crippen molar-refractivity contribution in [3.05, 3.63) is 67.0 Å². The van der Waals surface area contributed by atoms with Gasteiger partial charge in [0.2, 0.25) is 0 Å². The average Bonchev–Trinajstić information content (AvgIpc) is 2.99. The van der Waals surface area contributed by atoms with Crippen LogP contribution in [0.3, 0.4) is 0 Å². The largest absolute Gasteiger partial charge is 0.456 e. The molecular formula is C19H11N3O. The van der Waals surface area contributed by atoms with Crippen LogP contribution in [-0.2, 0) is 0 Å². The highest BCUT2D eigenvalue weighted by atomic mass is 16.3. The van der Waals surface area contributed by atoms with Gasteiger partial charge in [0.05, 0.1) is 11.9 Å². The summed E-state index contributed by atoms with van der Waals surface area (Å²) in [6.07, 6.45) is 3.50. The molecule has 0 unspecified atom stereocenters. The quantitative estimate of drug-likeness (QED) is 0.454. The standard InChI is InChI=1S/C19H11N3O/c1-2-6-17-13(4-1)14-8-7-12(10-18(14)23-17)16-11-21-15-5-3-9-20-19(15)22-16/h1-11H. The number of rotatable bonds is 1. The molecule has 3 heterocycles. The van der Waals surface area contributed by atoms with Crippen molar-refractivity contribution < 1.29 is 4.42 Å². The molecule has 0 aliphatic heterocycles. The molecule has 5 aromatic rings. The summed E-state index contributed by atoms with van der Waals surface area (Å²) in [6.45, 7) is 0. The third-order valence-electron chi connectivity index (χ3n) is 3.99. The molecule has 0 amide bonds. The third-order valence-corrected chi connectivity index (χ3v) is 3.99. The van der Waals surface area contributed by atoms with E-state index in [0.717, 1.165) is 38.7 Å². The maximum atomic E-state index is 5.94. The summed E-state index contributed by atoms with van der Waals surface area (Å²) in [5.41, 5.74) is 4.95. The van der Waals surface area contributed by atoms with Crippen LogP contribution in [0.4, 0.5) is 0 Å². The van der Waals surface area contributed by atoms with E-state index in [9.17, 15) is 0 Å². The molecule has 0 fully saturated rings. The lowest BCUT2D eigenvalue weighted by Gasteiger charge is -2.02. The molecule has 0 aliphatic rings. The zero-order valence-corrected chi connectivity index (χ0v) is 12.1. The van der Waals surface area contributed by atoms with Gasteiger partial charge in [-0.3, -0.25) is 4.98 Å². The van der Waals surface area contributed by atoms with Gasteiger partial charge in [0.1, 0.15) is 16.7 Å². The molecule has 5 rings (SSSR count). The predicted octanol–water partition coefficient (Wildman–Crippen LogP) is 4.59. The van der Waals surface area contributed by atoms with Crippen molar-refractivity contribution in [1.29, 1.82) is 0 Å². The van der Waals surface area contributed by atoms with Crippen LogP contribution in [-0.4, -0.2) is 15.0 Å². The molecular weight excluding hydrogens is 286 g/mol. The van der Waals surface area contributed by atoms with Crippen LogP contribution in [0.15, 0.2) is 71.4 Å². The molecule has 108 valence electrons. The van der Waals surface area contributed by atoms with Crippen molar-refractivity contribution >= 4 is 33.1 Å². The first-order chi connectivity index (χ1) is 11.4. The van der Waals surface area contributed by atoms with Crippen molar-refractivity contribution in [1.82, 2.24) is 15.0 Å². The lowest BCUT2D eigenvalue weighted by Crippen LogP contribution is -1.90. The van der Waals surface area contributed by atoms with Gasteiger partial charge in [-0.05, 0) is 30.3 Å². The first-order valence-corrected chi connectivity index (χ1v) is 7.38. The smallest absolute Gasteiger partial charge is 0.178 e. The normalized spacial score (nSPS) is 11.5. The highest BCUT2D eigenvalue weighted by Gasteiger charge is 2.09. The van der Waals surface area contributed by atoms with E-state index in [-0.39, 0.29) is 0 Å². The third kappa shape index (κ3) is 1.89. The summed E-state index contributed by atoms with van der Waals surface area (Å²) in [6, 6.07) is 17.9. The molecule has 23 heavy (non-hydrogen) atoms. The molecule has 4 nitrogen and oxygen atoms in total. The molecule has 0 atom stereocenters. The number of hydrogen-bond acceptors (Lipinski definition) is 4. The molecule has 0 aliphatic carbocycles. The SMILES string of the molecule is c1cnc2nc(-c3ccc4c(c3)oc3ccccc34)cnc2c1. The van der Waals surface area contributed by atoms with E-state index in [2.05, 4.69) is 27.1 Å². The summed E-state index contributed by atoms with van der Waals surface area (Å²) in [4.78, 5) is 13.3. The van der Waals surface area contributed by atoms with Gasteiger partial charge in [-0.25, -0.2) is 9.97 Å². The number of pyridine rings is 1. The first kappa shape index (κ1) is 12.3. The molecule has 0 spiro atoms. The van der Waals surface area contributed by atoms with Gasteiger partial charge in [-0.2, -0.15) is 0 Å². The van der Waals surface area contributed by atoms with Crippen molar-refractivity contribution in [2.24, 2.45) is 0 Å². The van der Waals surface area contributed by atoms with E-state index >= 15 is 0 Å².